The van der Waals surface area contributed by atoms with Gasteiger partial charge in [-0.3, -0.25) is 14.5 Å². The van der Waals surface area contributed by atoms with Gasteiger partial charge >= 0.3 is 0 Å². The number of anilines is 1. The molecule has 1 aliphatic carbocycles. The summed E-state index contributed by atoms with van der Waals surface area (Å²) in [7, 11) is -2.40. The lowest BCUT2D eigenvalue weighted by atomic mass is 9.70. The molecule has 10 nitrogen and oxygen atoms in total. The van der Waals surface area contributed by atoms with Gasteiger partial charge in [0.05, 0.1) is 36.4 Å². The molecule has 2 amide bonds. The van der Waals surface area contributed by atoms with Crippen LogP contribution in [0.15, 0.2) is 48.3 Å². The number of carbonyl (C=O) groups excluding carboxylic acids is 2. The smallest absolute Gasteiger partial charge is 0.264 e. The molecule has 276 valence electrons. The number of benzene rings is 2. The van der Waals surface area contributed by atoms with Gasteiger partial charge in [-0.05, 0) is 106 Å². The predicted octanol–water partition coefficient (Wildman–Crippen LogP) is 5.58. The number of ether oxygens (including phenoxy) is 2. The van der Waals surface area contributed by atoms with E-state index in [0.29, 0.717) is 55.8 Å². The number of fused-ring (bicyclic) bond motifs is 5. The van der Waals surface area contributed by atoms with Gasteiger partial charge in [-0.25, -0.2) is 17.5 Å². The number of carbonyl (C=O) groups is 2. The zero-order valence-corrected chi connectivity index (χ0v) is 31.1. The molecule has 7 rings (SSSR count). The van der Waals surface area contributed by atoms with Crippen LogP contribution in [0, 0.1) is 5.92 Å². The summed E-state index contributed by atoms with van der Waals surface area (Å²) in [5.41, 5.74) is 2.63. The van der Waals surface area contributed by atoms with Gasteiger partial charge in [-0.1, -0.05) is 30.7 Å². The highest BCUT2D eigenvalue weighted by Crippen LogP contribution is 2.47. The molecule has 1 unspecified atom stereocenters. The molecule has 5 aliphatic rings. The average molecular weight is 743 g/mol. The van der Waals surface area contributed by atoms with Crippen LogP contribution >= 0.6 is 11.6 Å². The molecule has 4 aliphatic heterocycles. The second kappa shape index (κ2) is 14.3. The van der Waals surface area contributed by atoms with Crippen molar-refractivity contribution in [2.24, 2.45) is 5.92 Å². The van der Waals surface area contributed by atoms with Crippen LogP contribution in [0.2, 0.25) is 5.02 Å². The van der Waals surface area contributed by atoms with Gasteiger partial charge in [0, 0.05) is 42.7 Å². The number of amides is 2. The molecule has 2 aromatic carbocycles. The second-order valence-corrected chi connectivity index (χ2v) is 17.6. The van der Waals surface area contributed by atoms with Gasteiger partial charge in [0.15, 0.2) is 0 Å². The minimum atomic E-state index is -4.13. The van der Waals surface area contributed by atoms with Crippen LogP contribution in [-0.4, -0.2) is 93.5 Å². The number of sulfonamides is 1. The van der Waals surface area contributed by atoms with Gasteiger partial charge < -0.3 is 19.3 Å². The average Bonchev–Trinajstić information content (AvgIpc) is 3.53. The lowest BCUT2D eigenvalue weighted by Crippen LogP contribution is -2.58. The SMILES string of the molecule is C[C@@H]1[C@@H](C)C/C=C(\F)[C@H](C(=O)N(C)C2CCCOC2)N2CCC[C@H]2N2C[C@@]3(CCCc4cc(Cl)ccc43)COc3ccc(cc32)C(=O)NS1(=O)=O. The standard InChI is InChI=1S/C38H48ClFN4O6S/c1-24-10-14-31(40)35(37(46)42(3)29-8-6-18-49-21-29)43-17-5-9-34(43)44-22-38(16-4-7-26-19-28(39)12-13-30(26)38)23-50-33-15-11-27(20-32(33)44)36(45)41-51(47,48)25(24)2/h11-15,19-20,24-25,29,34-35H,4-10,16-18,21-23H2,1-3H3,(H,41,45)/b31-14-/t24-,25+,29?,34+,35+,38-/m0/s1. The summed E-state index contributed by atoms with van der Waals surface area (Å²) in [6.07, 6.45) is 6.63. The molecule has 2 saturated heterocycles. The summed E-state index contributed by atoms with van der Waals surface area (Å²) in [5.74, 6) is -1.70. The van der Waals surface area contributed by atoms with Crippen molar-refractivity contribution in [2.75, 3.05) is 44.9 Å². The minimum absolute atomic E-state index is 0.0680. The van der Waals surface area contributed by atoms with E-state index in [9.17, 15) is 18.0 Å². The highest BCUT2D eigenvalue weighted by Gasteiger charge is 2.48. The summed E-state index contributed by atoms with van der Waals surface area (Å²) in [5, 5.41) is -0.336. The van der Waals surface area contributed by atoms with E-state index in [1.807, 2.05) is 17.0 Å². The molecule has 0 radical (unpaired) electrons. The molecule has 0 saturated carbocycles. The molecule has 2 fully saturated rings. The summed E-state index contributed by atoms with van der Waals surface area (Å²) in [6.45, 7) is 5.58. The first-order chi connectivity index (χ1) is 24.4. The summed E-state index contributed by atoms with van der Waals surface area (Å²) in [6, 6.07) is 9.60. The van der Waals surface area contributed by atoms with Crippen LogP contribution in [0.3, 0.4) is 0 Å². The maximum Gasteiger partial charge on any atom is 0.264 e. The van der Waals surface area contributed by atoms with Gasteiger partial charge in [0.1, 0.15) is 17.6 Å². The summed E-state index contributed by atoms with van der Waals surface area (Å²) in [4.78, 5) is 34.0. The predicted molar refractivity (Wildman–Crippen MR) is 194 cm³/mol. The van der Waals surface area contributed by atoms with Gasteiger partial charge in [0.25, 0.3) is 5.91 Å². The third-order valence-electron chi connectivity index (χ3n) is 11.9. The van der Waals surface area contributed by atoms with E-state index in [2.05, 4.69) is 15.7 Å². The fraction of sp³-hybridized carbons (Fsp3) is 0.579. The third kappa shape index (κ3) is 6.89. The van der Waals surface area contributed by atoms with E-state index in [-0.39, 0.29) is 23.9 Å². The molecule has 2 bridgehead atoms. The second-order valence-electron chi connectivity index (χ2n) is 15.1. The molecule has 4 heterocycles. The van der Waals surface area contributed by atoms with E-state index in [1.54, 1.807) is 37.1 Å². The van der Waals surface area contributed by atoms with Crippen molar-refractivity contribution in [3.63, 3.8) is 0 Å². The first-order valence-electron chi connectivity index (χ1n) is 18.2. The number of aryl methyl sites for hydroxylation is 1. The first-order valence-corrected chi connectivity index (χ1v) is 20.1. The number of hydrogen-bond acceptors (Lipinski definition) is 8. The number of likely N-dealkylation sites (N-methyl/N-ethyl adjacent to an activating group) is 1. The van der Waals surface area contributed by atoms with Crippen LogP contribution in [0.5, 0.6) is 5.75 Å². The molecule has 0 aromatic heterocycles. The van der Waals surface area contributed by atoms with E-state index in [1.165, 1.54) is 13.0 Å². The van der Waals surface area contributed by atoms with Crippen LogP contribution < -0.4 is 14.4 Å². The van der Waals surface area contributed by atoms with Crippen molar-refractivity contribution in [3.8, 4) is 5.75 Å². The Morgan fingerprint density at radius 3 is 2.73 bits per heavy atom. The number of halogens is 2. The van der Waals surface area contributed by atoms with Crippen molar-refractivity contribution in [1.29, 1.82) is 0 Å². The monoisotopic (exact) mass is 742 g/mol. The Morgan fingerprint density at radius 1 is 1.12 bits per heavy atom. The molecule has 2 aromatic rings. The summed E-state index contributed by atoms with van der Waals surface area (Å²) >= 11 is 6.46. The molecule has 1 spiro atoms. The van der Waals surface area contributed by atoms with Crippen molar-refractivity contribution < 1.29 is 31.9 Å². The maximum absolute atomic E-state index is 16.9. The topological polar surface area (TPSA) is 108 Å². The number of nitrogens with zero attached hydrogens (tertiary/aromatic N) is 3. The molecule has 6 atom stereocenters. The maximum atomic E-state index is 16.9. The fourth-order valence-electron chi connectivity index (χ4n) is 8.71. The Kier molecular flexibility index (Phi) is 10.2. The van der Waals surface area contributed by atoms with Crippen molar-refractivity contribution >= 4 is 39.1 Å². The molecular formula is C38H48ClFN4O6S. The van der Waals surface area contributed by atoms with Crippen LogP contribution in [-0.2, 0) is 31.4 Å². The highest BCUT2D eigenvalue weighted by atomic mass is 35.5. The first kappa shape index (κ1) is 36.2. The van der Waals surface area contributed by atoms with E-state index in [0.717, 1.165) is 49.7 Å². The lowest BCUT2D eigenvalue weighted by Gasteiger charge is -2.46. The zero-order valence-electron chi connectivity index (χ0n) is 29.6. The highest BCUT2D eigenvalue weighted by molar-refractivity contribution is 7.90. The Labute approximate surface area is 305 Å². The Balaban J connectivity index is 1.38. The van der Waals surface area contributed by atoms with E-state index < -0.39 is 50.5 Å². The van der Waals surface area contributed by atoms with E-state index in [4.69, 9.17) is 21.1 Å². The lowest BCUT2D eigenvalue weighted by molar-refractivity contribution is -0.140. The van der Waals surface area contributed by atoms with Crippen LogP contribution in [0.25, 0.3) is 0 Å². The van der Waals surface area contributed by atoms with Gasteiger partial charge in [0.2, 0.25) is 15.9 Å². The molecular weight excluding hydrogens is 695 g/mol. The van der Waals surface area contributed by atoms with Crippen molar-refractivity contribution in [1.82, 2.24) is 14.5 Å². The minimum Gasteiger partial charge on any atom is -0.490 e. The van der Waals surface area contributed by atoms with Crippen LogP contribution in [0.4, 0.5) is 10.1 Å². The Morgan fingerprint density at radius 2 is 1.94 bits per heavy atom. The molecule has 13 heteroatoms. The largest absolute Gasteiger partial charge is 0.490 e. The molecule has 51 heavy (non-hydrogen) atoms. The summed E-state index contributed by atoms with van der Waals surface area (Å²) < 4.78 is 58.5. The normalized spacial score (nSPS) is 32.2. The van der Waals surface area contributed by atoms with Crippen LogP contribution in [0.1, 0.15) is 80.3 Å². The van der Waals surface area contributed by atoms with Crippen molar-refractivity contribution in [3.05, 3.63) is 70.0 Å². The van der Waals surface area contributed by atoms with E-state index >= 15 is 4.39 Å². The van der Waals surface area contributed by atoms with Gasteiger partial charge in [-0.15, -0.1) is 0 Å². The third-order valence-corrected chi connectivity index (χ3v) is 14.1. The number of rotatable bonds is 2. The van der Waals surface area contributed by atoms with Crippen molar-refractivity contribution in [2.45, 2.75) is 94.1 Å². The zero-order chi connectivity index (χ0) is 36.1. The fourth-order valence-corrected chi connectivity index (χ4v) is 10.2. The number of nitrogens with one attached hydrogen (secondary N) is 1. The number of hydrogen-bond donors (Lipinski definition) is 1. The Bertz CT molecular complexity index is 1820. The Hall–Kier alpha value is -3.19. The quantitative estimate of drug-likeness (QED) is 0.425. The molecule has 1 N–H and O–H groups in total. The van der Waals surface area contributed by atoms with Gasteiger partial charge in [-0.2, -0.15) is 0 Å². The number of allylic oxidation sites excluding steroid dienone is 1.